The Labute approximate surface area is 93.1 Å². The third-order valence-electron chi connectivity index (χ3n) is 1.44. The van der Waals surface area contributed by atoms with E-state index in [4.69, 9.17) is 4.74 Å². The molecule has 0 N–H and O–H groups in total. The first kappa shape index (κ1) is 12.2. The Morgan fingerprint density at radius 3 is 2.47 bits per heavy atom. The topological polar surface area (TPSA) is 18.5 Å². The zero-order valence-corrected chi connectivity index (χ0v) is 9.35. The van der Waals surface area contributed by atoms with E-state index >= 15 is 0 Å². The summed E-state index contributed by atoms with van der Waals surface area (Å²) in [5.41, 5.74) is 0. The van der Waals surface area contributed by atoms with Crippen molar-refractivity contribution in [2.45, 2.75) is 13.3 Å². The molecule has 0 aliphatic rings. The van der Waals surface area contributed by atoms with E-state index in [1.54, 1.807) is 6.92 Å². The van der Waals surface area contributed by atoms with Gasteiger partial charge in [0, 0.05) is 0 Å². The second-order valence-electron chi connectivity index (χ2n) is 2.57. The highest BCUT2D eigenvalue weighted by atomic mass is 79.9. The molecule has 0 atom stereocenters. The van der Waals surface area contributed by atoms with Gasteiger partial charge in [-0.25, -0.2) is 0 Å². The maximum absolute atomic E-state index is 11.9. The molecule has 0 radical (unpaired) electrons. The predicted molar refractivity (Wildman–Crippen MR) is 52.0 cm³/mol. The number of benzene rings is 1. The van der Waals surface area contributed by atoms with Crippen molar-refractivity contribution in [3.8, 4) is 11.5 Å². The first-order valence-corrected chi connectivity index (χ1v) is 4.90. The molecule has 1 aromatic rings. The average molecular weight is 285 g/mol. The fraction of sp³-hybridized carbons (Fsp3) is 0.333. The van der Waals surface area contributed by atoms with E-state index in [1.807, 2.05) is 0 Å². The predicted octanol–water partition coefficient (Wildman–Crippen LogP) is 3.75. The second kappa shape index (κ2) is 4.74. The van der Waals surface area contributed by atoms with Gasteiger partial charge in [-0.15, -0.1) is 13.2 Å². The molecule has 2 nitrogen and oxygen atoms in total. The first-order valence-electron chi connectivity index (χ1n) is 4.10. The van der Waals surface area contributed by atoms with Crippen LogP contribution in [-0.4, -0.2) is 13.0 Å². The molecule has 0 aromatic heterocycles. The van der Waals surface area contributed by atoms with E-state index in [2.05, 4.69) is 20.7 Å². The summed E-state index contributed by atoms with van der Waals surface area (Å²) in [6.07, 6.45) is -4.67. The third-order valence-corrected chi connectivity index (χ3v) is 2.06. The third kappa shape index (κ3) is 3.99. The average Bonchev–Trinajstić information content (AvgIpc) is 2.07. The van der Waals surface area contributed by atoms with Gasteiger partial charge in [-0.2, -0.15) is 0 Å². The molecule has 0 saturated heterocycles. The summed E-state index contributed by atoms with van der Waals surface area (Å²) in [6.45, 7) is 2.23. The SMILES string of the molecule is CCOc1ccc(OC(F)(F)F)cc1Br. The van der Waals surface area contributed by atoms with Crippen molar-refractivity contribution >= 4 is 15.9 Å². The number of rotatable bonds is 3. The van der Waals surface area contributed by atoms with Crippen molar-refractivity contribution < 1.29 is 22.6 Å². The fourth-order valence-electron chi connectivity index (χ4n) is 0.951. The van der Waals surface area contributed by atoms with Crippen LogP contribution in [0.25, 0.3) is 0 Å². The Hall–Kier alpha value is -0.910. The Morgan fingerprint density at radius 1 is 1.33 bits per heavy atom. The molecular weight excluding hydrogens is 277 g/mol. The second-order valence-corrected chi connectivity index (χ2v) is 3.43. The van der Waals surface area contributed by atoms with Crippen molar-refractivity contribution in [1.82, 2.24) is 0 Å². The van der Waals surface area contributed by atoms with Crippen LogP contribution in [0.2, 0.25) is 0 Å². The van der Waals surface area contributed by atoms with Gasteiger partial charge in [-0.3, -0.25) is 0 Å². The lowest BCUT2D eigenvalue weighted by molar-refractivity contribution is -0.274. The van der Waals surface area contributed by atoms with Crippen molar-refractivity contribution in [3.05, 3.63) is 22.7 Å². The fourth-order valence-corrected chi connectivity index (χ4v) is 1.42. The maximum Gasteiger partial charge on any atom is 0.573 e. The van der Waals surface area contributed by atoms with Gasteiger partial charge < -0.3 is 9.47 Å². The van der Waals surface area contributed by atoms with Gasteiger partial charge in [0.2, 0.25) is 0 Å². The van der Waals surface area contributed by atoms with Gasteiger partial charge in [0.05, 0.1) is 11.1 Å². The van der Waals surface area contributed by atoms with Crippen molar-refractivity contribution in [2.24, 2.45) is 0 Å². The summed E-state index contributed by atoms with van der Waals surface area (Å²) >= 11 is 3.08. The van der Waals surface area contributed by atoms with E-state index in [-0.39, 0.29) is 5.75 Å². The molecule has 1 rings (SSSR count). The number of hydrogen-bond donors (Lipinski definition) is 0. The molecule has 0 aliphatic carbocycles. The molecule has 0 heterocycles. The molecular formula is C9H8BrF3O2. The van der Waals surface area contributed by atoms with Gasteiger partial charge in [0.25, 0.3) is 0 Å². The Morgan fingerprint density at radius 2 is 2.00 bits per heavy atom. The molecule has 6 heteroatoms. The number of hydrogen-bond acceptors (Lipinski definition) is 2. The largest absolute Gasteiger partial charge is 0.573 e. The van der Waals surface area contributed by atoms with E-state index in [9.17, 15) is 13.2 Å². The number of alkyl halides is 3. The van der Waals surface area contributed by atoms with Crippen molar-refractivity contribution in [1.29, 1.82) is 0 Å². The van der Waals surface area contributed by atoms with Crippen LogP contribution in [0.1, 0.15) is 6.92 Å². The molecule has 0 bridgehead atoms. The first-order chi connectivity index (χ1) is 6.92. The van der Waals surface area contributed by atoms with Gasteiger partial charge >= 0.3 is 6.36 Å². The molecule has 15 heavy (non-hydrogen) atoms. The summed E-state index contributed by atoms with van der Waals surface area (Å²) < 4.78 is 44.8. The minimum absolute atomic E-state index is 0.280. The van der Waals surface area contributed by atoms with E-state index in [0.29, 0.717) is 16.8 Å². The van der Waals surface area contributed by atoms with E-state index in [1.165, 1.54) is 18.2 Å². The lowest BCUT2D eigenvalue weighted by Gasteiger charge is -2.11. The van der Waals surface area contributed by atoms with Gasteiger partial charge in [-0.05, 0) is 41.1 Å². The molecule has 0 unspecified atom stereocenters. The van der Waals surface area contributed by atoms with Gasteiger partial charge in [0.15, 0.2) is 0 Å². The van der Waals surface area contributed by atoms with Crippen LogP contribution >= 0.6 is 15.9 Å². The summed E-state index contributed by atoms with van der Waals surface area (Å²) in [5.74, 6) is 0.199. The molecule has 0 aliphatic heterocycles. The molecule has 84 valence electrons. The normalized spacial score (nSPS) is 11.3. The number of ether oxygens (including phenoxy) is 2. The van der Waals surface area contributed by atoms with Crippen molar-refractivity contribution in [2.75, 3.05) is 6.61 Å². The van der Waals surface area contributed by atoms with Crippen LogP contribution < -0.4 is 9.47 Å². The van der Waals surface area contributed by atoms with Gasteiger partial charge in [0.1, 0.15) is 11.5 Å². The lowest BCUT2D eigenvalue weighted by atomic mass is 10.3. The van der Waals surface area contributed by atoms with Crippen molar-refractivity contribution in [3.63, 3.8) is 0 Å². The Kier molecular flexibility index (Phi) is 3.84. The summed E-state index contributed by atoms with van der Waals surface area (Å²) in [5, 5.41) is 0. The smallest absolute Gasteiger partial charge is 0.493 e. The lowest BCUT2D eigenvalue weighted by Crippen LogP contribution is -2.17. The highest BCUT2D eigenvalue weighted by molar-refractivity contribution is 9.10. The standard InChI is InChI=1S/C9H8BrF3O2/c1-2-14-8-4-3-6(5-7(8)10)15-9(11,12)13/h3-5H,2H2,1H3. The van der Waals surface area contributed by atoms with E-state index < -0.39 is 6.36 Å². The Balaban J connectivity index is 2.82. The molecule has 0 spiro atoms. The monoisotopic (exact) mass is 284 g/mol. The van der Waals surface area contributed by atoms with Crippen LogP contribution in [0.5, 0.6) is 11.5 Å². The van der Waals surface area contributed by atoms with Gasteiger partial charge in [-0.1, -0.05) is 0 Å². The van der Waals surface area contributed by atoms with E-state index in [0.717, 1.165) is 0 Å². The highest BCUT2D eigenvalue weighted by Gasteiger charge is 2.31. The summed E-state index contributed by atoms with van der Waals surface area (Å²) in [7, 11) is 0. The molecule has 0 amide bonds. The quantitative estimate of drug-likeness (QED) is 0.842. The Bertz CT molecular complexity index is 339. The molecule has 0 saturated carbocycles. The van der Waals surface area contributed by atoms with Crippen LogP contribution in [0, 0.1) is 0 Å². The number of halogens is 4. The molecule has 0 fully saturated rings. The zero-order chi connectivity index (χ0) is 11.5. The summed E-state index contributed by atoms with van der Waals surface area (Å²) in [6, 6.07) is 3.82. The molecule has 1 aromatic carbocycles. The highest BCUT2D eigenvalue weighted by Crippen LogP contribution is 2.31. The minimum Gasteiger partial charge on any atom is -0.493 e. The van der Waals surface area contributed by atoms with Crippen LogP contribution in [0.3, 0.4) is 0 Å². The van der Waals surface area contributed by atoms with Crippen LogP contribution in [-0.2, 0) is 0 Å². The zero-order valence-electron chi connectivity index (χ0n) is 7.77. The van der Waals surface area contributed by atoms with Crippen LogP contribution in [0.4, 0.5) is 13.2 Å². The summed E-state index contributed by atoms with van der Waals surface area (Å²) in [4.78, 5) is 0. The minimum atomic E-state index is -4.67. The maximum atomic E-state index is 11.9. The van der Waals surface area contributed by atoms with Crippen LogP contribution in [0.15, 0.2) is 22.7 Å².